The number of carboxylic acid groups (broad SMARTS) is 1. The quantitative estimate of drug-likeness (QED) is 0.701. The Bertz CT molecular complexity index is 692. The zero-order valence-electron chi connectivity index (χ0n) is 11.1. The number of nitrogen functional groups attached to an aromatic ring is 1. The maximum absolute atomic E-state index is 12.5. The van der Waals surface area contributed by atoms with Crippen molar-refractivity contribution < 1.29 is 14.7 Å². The summed E-state index contributed by atoms with van der Waals surface area (Å²) in [5.74, 6) is -1.37. The van der Waals surface area contributed by atoms with Crippen LogP contribution in [0.15, 0.2) is 30.6 Å². The van der Waals surface area contributed by atoms with Gasteiger partial charge in [0.25, 0.3) is 5.91 Å². The smallest absolute Gasteiger partial charge is 0.326 e. The molecule has 1 aromatic carbocycles. The number of fused-ring (bicyclic) bond motifs is 1. The fraction of sp³-hybridized carbons (Fsp3) is 0.214. The monoisotopic (exact) mass is 286 g/mol. The highest BCUT2D eigenvalue weighted by atomic mass is 16.4. The van der Waals surface area contributed by atoms with E-state index >= 15 is 0 Å². The van der Waals surface area contributed by atoms with Gasteiger partial charge >= 0.3 is 5.97 Å². The molecule has 0 aliphatic carbocycles. The van der Waals surface area contributed by atoms with E-state index in [2.05, 4.69) is 9.97 Å². The van der Waals surface area contributed by atoms with Gasteiger partial charge in [0.05, 0.1) is 24.3 Å². The molecule has 1 amide bonds. The van der Waals surface area contributed by atoms with Gasteiger partial charge in [0.15, 0.2) is 0 Å². The minimum absolute atomic E-state index is 0.203. The van der Waals surface area contributed by atoms with Gasteiger partial charge in [-0.2, -0.15) is 0 Å². The molecule has 3 rings (SSSR count). The van der Waals surface area contributed by atoms with Crippen molar-refractivity contribution in [1.82, 2.24) is 14.9 Å². The number of carboxylic acids is 1. The summed E-state index contributed by atoms with van der Waals surface area (Å²) < 4.78 is 0. The summed E-state index contributed by atoms with van der Waals surface area (Å²) in [6.45, 7) is 0.204. The maximum Gasteiger partial charge on any atom is 0.326 e. The van der Waals surface area contributed by atoms with Crippen LogP contribution in [-0.4, -0.2) is 37.9 Å². The lowest BCUT2D eigenvalue weighted by molar-refractivity contribution is -0.142. The van der Waals surface area contributed by atoms with E-state index in [1.54, 1.807) is 24.3 Å². The second-order valence-electron chi connectivity index (χ2n) is 4.94. The van der Waals surface area contributed by atoms with E-state index in [-0.39, 0.29) is 18.9 Å². The number of nitrogens with one attached hydrogen (secondary N) is 1. The van der Waals surface area contributed by atoms with Crippen LogP contribution in [0.3, 0.4) is 0 Å². The Morgan fingerprint density at radius 2 is 2.05 bits per heavy atom. The van der Waals surface area contributed by atoms with Crippen LogP contribution < -0.4 is 5.73 Å². The molecule has 2 aromatic rings. The lowest BCUT2D eigenvalue weighted by Crippen LogP contribution is -2.48. The van der Waals surface area contributed by atoms with Crippen molar-refractivity contribution in [2.24, 2.45) is 0 Å². The van der Waals surface area contributed by atoms with Crippen LogP contribution in [0.4, 0.5) is 5.69 Å². The number of aromatic amines is 1. The van der Waals surface area contributed by atoms with Gasteiger partial charge in [-0.05, 0) is 24.3 Å². The normalized spacial score (nSPS) is 17.3. The third-order valence-corrected chi connectivity index (χ3v) is 3.60. The molecule has 1 aliphatic rings. The summed E-state index contributed by atoms with van der Waals surface area (Å²) in [4.78, 5) is 32.4. The standard InChI is InChI=1S/C14H14N4O3/c15-9-3-1-8(2-4-9)13(19)18-6-11-10(16-7-17-11)5-12(18)14(20)21/h1-4,7,12H,5-6,15H2,(H,16,17)(H,20,21). The van der Waals surface area contributed by atoms with Crippen LogP contribution in [-0.2, 0) is 17.8 Å². The predicted molar refractivity (Wildman–Crippen MR) is 74.4 cm³/mol. The molecule has 1 unspecified atom stereocenters. The summed E-state index contributed by atoms with van der Waals surface area (Å²) in [5, 5.41) is 9.36. The lowest BCUT2D eigenvalue weighted by atomic mass is 10.0. The number of carbonyl (C=O) groups excluding carboxylic acids is 1. The lowest BCUT2D eigenvalue weighted by Gasteiger charge is -2.32. The molecule has 7 heteroatoms. The number of H-pyrrole nitrogens is 1. The number of hydrogen-bond acceptors (Lipinski definition) is 4. The molecule has 0 saturated heterocycles. The molecule has 0 radical (unpaired) electrons. The van der Waals surface area contributed by atoms with Crippen molar-refractivity contribution in [3.63, 3.8) is 0 Å². The summed E-state index contributed by atoms with van der Waals surface area (Å²) in [6.07, 6.45) is 1.72. The van der Waals surface area contributed by atoms with Crippen molar-refractivity contribution in [2.75, 3.05) is 5.73 Å². The van der Waals surface area contributed by atoms with Crippen molar-refractivity contribution in [2.45, 2.75) is 19.0 Å². The van der Waals surface area contributed by atoms with Crippen LogP contribution in [0.5, 0.6) is 0 Å². The highest BCUT2D eigenvalue weighted by Crippen LogP contribution is 2.23. The highest BCUT2D eigenvalue weighted by molar-refractivity contribution is 5.97. The van der Waals surface area contributed by atoms with E-state index in [1.807, 2.05) is 0 Å². The third-order valence-electron chi connectivity index (χ3n) is 3.60. The Morgan fingerprint density at radius 1 is 1.33 bits per heavy atom. The van der Waals surface area contributed by atoms with Crippen molar-refractivity contribution in [1.29, 1.82) is 0 Å². The molecule has 0 spiro atoms. The molecule has 1 aliphatic heterocycles. The molecule has 4 N–H and O–H groups in total. The van der Waals surface area contributed by atoms with Crippen LogP contribution in [0.1, 0.15) is 21.7 Å². The van der Waals surface area contributed by atoms with Crippen LogP contribution in [0, 0.1) is 0 Å². The Morgan fingerprint density at radius 3 is 2.71 bits per heavy atom. The molecule has 108 valence electrons. The number of benzene rings is 1. The first-order chi connectivity index (χ1) is 10.1. The van der Waals surface area contributed by atoms with E-state index in [1.165, 1.54) is 11.2 Å². The minimum Gasteiger partial charge on any atom is -0.480 e. The number of aromatic nitrogens is 2. The number of anilines is 1. The molecule has 21 heavy (non-hydrogen) atoms. The van der Waals surface area contributed by atoms with Gasteiger partial charge in [-0.25, -0.2) is 9.78 Å². The number of hydrogen-bond donors (Lipinski definition) is 3. The Hall–Kier alpha value is -2.83. The number of nitrogens with two attached hydrogens (primary N) is 1. The van der Waals surface area contributed by atoms with E-state index in [0.717, 1.165) is 5.69 Å². The van der Waals surface area contributed by atoms with E-state index in [9.17, 15) is 14.7 Å². The number of imidazole rings is 1. The third kappa shape index (κ3) is 2.33. The van der Waals surface area contributed by atoms with Gasteiger partial charge in [-0.1, -0.05) is 0 Å². The predicted octanol–water partition coefficient (Wildman–Crippen LogP) is 0.644. The molecular weight excluding hydrogens is 272 g/mol. The first-order valence-electron chi connectivity index (χ1n) is 6.46. The minimum atomic E-state index is -1.03. The number of rotatable bonds is 2. The average molecular weight is 286 g/mol. The van der Waals surface area contributed by atoms with Gasteiger partial charge in [0.2, 0.25) is 0 Å². The van der Waals surface area contributed by atoms with Crippen LogP contribution in [0.25, 0.3) is 0 Å². The maximum atomic E-state index is 12.5. The largest absolute Gasteiger partial charge is 0.480 e. The molecule has 1 aromatic heterocycles. The van der Waals surface area contributed by atoms with Gasteiger partial charge in [-0.15, -0.1) is 0 Å². The summed E-state index contributed by atoms with van der Waals surface area (Å²) in [7, 11) is 0. The molecule has 1 atom stereocenters. The van der Waals surface area contributed by atoms with Crippen molar-refractivity contribution in [3.8, 4) is 0 Å². The van der Waals surface area contributed by atoms with E-state index in [0.29, 0.717) is 16.9 Å². The van der Waals surface area contributed by atoms with Gasteiger partial charge in [0.1, 0.15) is 6.04 Å². The number of nitrogens with zero attached hydrogens (tertiary/aromatic N) is 2. The van der Waals surface area contributed by atoms with Crippen LogP contribution in [0.2, 0.25) is 0 Å². The summed E-state index contributed by atoms with van der Waals surface area (Å²) in [6, 6.07) is 5.52. The topological polar surface area (TPSA) is 112 Å². The SMILES string of the molecule is Nc1ccc(C(=O)N2Cc3[nH]cnc3CC2C(=O)O)cc1. The fourth-order valence-corrected chi connectivity index (χ4v) is 2.46. The number of aliphatic carboxylic acids is 1. The van der Waals surface area contributed by atoms with Gasteiger partial charge in [-0.3, -0.25) is 4.79 Å². The van der Waals surface area contributed by atoms with Crippen molar-refractivity contribution in [3.05, 3.63) is 47.5 Å². The van der Waals surface area contributed by atoms with Crippen molar-refractivity contribution >= 4 is 17.6 Å². The summed E-state index contributed by atoms with van der Waals surface area (Å²) in [5.41, 5.74) is 8.04. The number of carbonyl (C=O) groups is 2. The molecule has 2 heterocycles. The Labute approximate surface area is 120 Å². The number of amides is 1. The Balaban J connectivity index is 1.93. The van der Waals surface area contributed by atoms with E-state index in [4.69, 9.17) is 5.73 Å². The molecule has 7 nitrogen and oxygen atoms in total. The molecular formula is C14H14N4O3. The zero-order valence-corrected chi connectivity index (χ0v) is 11.1. The first-order valence-corrected chi connectivity index (χ1v) is 6.46. The molecule has 0 saturated carbocycles. The van der Waals surface area contributed by atoms with Gasteiger partial charge < -0.3 is 20.7 Å². The zero-order chi connectivity index (χ0) is 15.0. The fourth-order valence-electron chi connectivity index (χ4n) is 2.46. The summed E-state index contributed by atoms with van der Waals surface area (Å²) >= 11 is 0. The second-order valence-corrected chi connectivity index (χ2v) is 4.94. The van der Waals surface area contributed by atoms with Gasteiger partial charge in [0, 0.05) is 17.7 Å². The molecule has 0 bridgehead atoms. The second kappa shape index (κ2) is 4.93. The first kappa shape index (κ1) is 13.2. The average Bonchev–Trinajstić information content (AvgIpc) is 2.93. The van der Waals surface area contributed by atoms with E-state index < -0.39 is 12.0 Å². The van der Waals surface area contributed by atoms with Crippen LogP contribution >= 0.6 is 0 Å². The molecule has 0 fully saturated rings. The highest BCUT2D eigenvalue weighted by Gasteiger charge is 2.36. The Kier molecular flexibility index (Phi) is 3.09.